The smallest absolute Gasteiger partial charge is 0.191 e. The minimum atomic E-state index is -0.216. The van der Waals surface area contributed by atoms with Gasteiger partial charge in [0.05, 0.1) is 6.04 Å². The highest BCUT2D eigenvalue weighted by atomic mass is 127. The largest absolute Gasteiger partial charge is 0.354 e. The van der Waals surface area contributed by atoms with Gasteiger partial charge in [0, 0.05) is 20.1 Å². The Balaban J connectivity index is 0.00000338. The summed E-state index contributed by atoms with van der Waals surface area (Å²) in [5.74, 6) is 0.510. The summed E-state index contributed by atoms with van der Waals surface area (Å²) in [6.07, 6.45) is 0. The van der Waals surface area contributed by atoms with E-state index >= 15 is 0 Å². The topological polar surface area (TPSA) is 39.7 Å². The van der Waals surface area contributed by atoms with Crippen LogP contribution in [0.5, 0.6) is 0 Å². The molecule has 2 rings (SSSR count). The van der Waals surface area contributed by atoms with E-state index in [4.69, 9.17) is 0 Å². The fourth-order valence-corrected chi connectivity index (χ4v) is 2.73. The Morgan fingerprint density at radius 1 is 1.12 bits per heavy atom. The average Bonchev–Trinajstić information content (AvgIpc) is 2.57. The number of benzene rings is 2. The molecule has 1 atom stereocenters. The first kappa shape index (κ1) is 22.4. The Labute approximate surface area is 172 Å². The molecule has 0 aliphatic heterocycles. The summed E-state index contributed by atoms with van der Waals surface area (Å²) < 4.78 is 13.5. The highest BCUT2D eigenvalue weighted by Gasteiger charge is 2.15. The van der Waals surface area contributed by atoms with E-state index in [-0.39, 0.29) is 35.8 Å². The molecule has 0 spiro atoms. The van der Waals surface area contributed by atoms with Crippen LogP contribution >= 0.6 is 24.0 Å². The van der Waals surface area contributed by atoms with Crippen molar-refractivity contribution in [3.8, 4) is 0 Å². The molecule has 2 N–H and O–H groups in total. The van der Waals surface area contributed by atoms with Crippen LogP contribution in [0, 0.1) is 12.7 Å². The predicted octanol–water partition coefficient (Wildman–Crippen LogP) is 3.72. The minimum absolute atomic E-state index is 0. The predicted molar refractivity (Wildman–Crippen MR) is 118 cm³/mol. The first-order valence-electron chi connectivity index (χ1n) is 8.41. The molecule has 6 heteroatoms. The third-order valence-corrected chi connectivity index (χ3v) is 4.09. The molecular formula is C20H28FIN4. The molecule has 142 valence electrons. The maximum Gasteiger partial charge on any atom is 0.191 e. The summed E-state index contributed by atoms with van der Waals surface area (Å²) in [5.41, 5.74) is 3.38. The summed E-state index contributed by atoms with van der Waals surface area (Å²) in [7, 11) is 5.72. The zero-order valence-electron chi connectivity index (χ0n) is 15.8. The van der Waals surface area contributed by atoms with Crippen LogP contribution < -0.4 is 10.6 Å². The normalized spacial score (nSPS) is 12.5. The molecule has 4 nitrogen and oxygen atoms in total. The highest BCUT2D eigenvalue weighted by Crippen LogP contribution is 2.18. The van der Waals surface area contributed by atoms with Crippen molar-refractivity contribution in [2.75, 3.05) is 27.7 Å². The number of hydrogen-bond acceptors (Lipinski definition) is 2. The maximum absolute atomic E-state index is 13.5. The molecule has 2 aromatic carbocycles. The second kappa shape index (κ2) is 11.1. The van der Waals surface area contributed by atoms with Crippen molar-refractivity contribution in [2.45, 2.75) is 19.5 Å². The quantitative estimate of drug-likeness (QED) is 0.384. The number of halogens is 2. The molecule has 0 aliphatic carbocycles. The lowest BCUT2D eigenvalue weighted by atomic mass is 10.1. The Morgan fingerprint density at radius 3 is 2.46 bits per heavy atom. The van der Waals surface area contributed by atoms with Gasteiger partial charge in [-0.05, 0) is 44.3 Å². The third kappa shape index (κ3) is 6.92. The van der Waals surface area contributed by atoms with Crippen molar-refractivity contribution < 1.29 is 4.39 Å². The van der Waals surface area contributed by atoms with Crippen molar-refractivity contribution >= 4 is 29.9 Å². The van der Waals surface area contributed by atoms with Gasteiger partial charge in [0.25, 0.3) is 0 Å². The highest BCUT2D eigenvalue weighted by molar-refractivity contribution is 14.0. The second-order valence-electron chi connectivity index (χ2n) is 6.33. The fraction of sp³-hybridized carbons (Fsp3) is 0.350. The number of likely N-dealkylation sites (N-methyl/N-ethyl adjacent to an activating group) is 1. The van der Waals surface area contributed by atoms with Gasteiger partial charge >= 0.3 is 0 Å². The van der Waals surface area contributed by atoms with Crippen LogP contribution in [0.15, 0.2) is 53.5 Å². The van der Waals surface area contributed by atoms with E-state index in [1.807, 2.05) is 20.2 Å². The van der Waals surface area contributed by atoms with E-state index in [2.05, 4.69) is 51.7 Å². The van der Waals surface area contributed by atoms with Crippen molar-refractivity contribution in [1.82, 2.24) is 15.5 Å². The van der Waals surface area contributed by atoms with Crippen LogP contribution in [0.1, 0.15) is 22.7 Å². The minimum Gasteiger partial charge on any atom is -0.354 e. The fourth-order valence-electron chi connectivity index (χ4n) is 2.73. The monoisotopic (exact) mass is 470 g/mol. The van der Waals surface area contributed by atoms with E-state index in [1.165, 1.54) is 17.2 Å². The van der Waals surface area contributed by atoms with Gasteiger partial charge in [0.15, 0.2) is 5.96 Å². The molecule has 0 amide bonds. The molecular weight excluding hydrogens is 442 g/mol. The van der Waals surface area contributed by atoms with Gasteiger partial charge in [-0.25, -0.2) is 4.39 Å². The number of nitrogens with one attached hydrogen (secondary N) is 2. The van der Waals surface area contributed by atoms with Crippen molar-refractivity contribution in [1.29, 1.82) is 0 Å². The lowest BCUT2D eigenvalue weighted by molar-refractivity contribution is 0.297. The third-order valence-electron chi connectivity index (χ3n) is 4.09. The Bertz CT molecular complexity index is 718. The molecule has 0 fully saturated rings. The molecule has 0 bridgehead atoms. The summed E-state index contributed by atoms with van der Waals surface area (Å²) >= 11 is 0. The number of guanidine groups is 1. The maximum atomic E-state index is 13.5. The summed E-state index contributed by atoms with van der Waals surface area (Å²) in [4.78, 5) is 6.33. The van der Waals surface area contributed by atoms with E-state index in [1.54, 1.807) is 19.2 Å². The summed E-state index contributed by atoms with van der Waals surface area (Å²) in [6, 6.07) is 15.1. The van der Waals surface area contributed by atoms with Gasteiger partial charge in [-0.15, -0.1) is 24.0 Å². The standard InChI is InChI=1S/C20H27FN4.HI/c1-15-7-5-8-16(11-15)13-23-20(22-2)24-14-19(25(3)4)17-9-6-10-18(21)12-17;/h5-12,19H,13-14H2,1-4H3,(H2,22,23,24);1H. The lowest BCUT2D eigenvalue weighted by Gasteiger charge is -2.26. The molecule has 0 aliphatic rings. The number of nitrogens with zero attached hydrogens (tertiary/aromatic N) is 2. The van der Waals surface area contributed by atoms with Crippen LogP contribution in [0.2, 0.25) is 0 Å². The van der Waals surface area contributed by atoms with Crippen LogP contribution in [-0.4, -0.2) is 38.5 Å². The summed E-state index contributed by atoms with van der Waals surface area (Å²) in [6.45, 7) is 3.41. The Kier molecular flexibility index (Phi) is 9.58. The zero-order chi connectivity index (χ0) is 18.2. The van der Waals surface area contributed by atoms with Crippen molar-refractivity contribution in [3.63, 3.8) is 0 Å². The molecule has 1 unspecified atom stereocenters. The van der Waals surface area contributed by atoms with Crippen LogP contribution in [0.4, 0.5) is 4.39 Å². The van der Waals surface area contributed by atoms with Gasteiger partial charge in [-0.3, -0.25) is 4.99 Å². The van der Waals surface area contributed by atoms with Gasteiger partial charge < -0.3 is 15.5 Å². The zero-order valence-corrected chi connectivity index (χ0v) is 18.1. The first-order chi connectivity index (χ1) is 12.0. The molecule has 0 saturated carbocycles. The van der Waals surface area contributed by atoms with Gasteiger partial charge in [0.1, 0.15) is 5.82 Å². The van der Waals surface area contributed by atoms with Gasteiger partial charge in [-0.1, -0.05) is 42.0 Å². The molecule has 0 heterocycles. The lowest BCUT2D eigenvalue weighted by Crippen LogP contribution is -2.41. The Hall–Kier alpha value is -1.67. The molecule has 2 aromatic rings. The number of aliphatic imine (C=N–C) groups is 1. The molecule has 0 radical (unpaired) electrons. The number of rotatable bonds is 6. The average molecular weight is 470 g/mol. The second-order valence-corrected chi connectivity index (χ2v) is 6.33. The van der Waals surface area contributed by atoms with Crippen LogP contribution in [0.3, 0.4) is 0 Å². The van der Waals surface area contributed by atoms with Crippen LogP contribution in [-0.2, 0) is 6.54 Å². The summed E-state index contributed by atoms with van der Waals surface area (Å²) in [5, 5.41) is 6.64. The van der Waals surface area contributed by atoms with E-state index in [9.17, 15) is 4.39 Å². The molecule has 0 saturated heterocycles. The first-order valence-corrected chi connectivity index (χ1v) is 8.41. The molecule has 26 heavy (non-hydrogen) atoms. The van der Waals surface area contributed by atoms with Gasteiger partial charge in [0.2, 0.25) is 0 Å². The van der Waals surface area contributed by atoms with E-state index in [0.717, 1.165) is 11.5 Å². The Morgan fingerprint density at radius 2 is 1.85 bits per heavy atom. The van der Waals surface area contributed by atoms with Crippen molar-refractivity contribution in [3.05, 3.63) is 71.0 Å². The number of aryl methyl sites for hydroxylation is 1. The number of hydrogen-bond donors (Lipinski definition) is 2. The van der Waals surface area contributed by atoms with Crippen LogP contribution in [0.25, 0.3) is 0 Å². The molecule has 0 aromatic heterocycles. The van der Waals surface area contributed by atoms with E-state index < -0.39 is 0 Å². The van der Waals surface area contributed by atoms with Crippen molar-refractivity contribution in [2.24, 2.45) is 4.99 Å². The van der Waals surface area contributed by atoms with E-state index in [0.29, 0.717) is 13.1 Å². The SMILES string of the molecule is CN=C(NCc1cccc(C)c1)NCC(c1cccc(F)c1)N(C)C.I. The van der Waals surface area contributed by atoms with Gasteiger partial charge in [-0.2, -0.15) is 0 Å².